The van der Waals surface area contributed by atoms with Crippen LogP contribution in [0.1, 0.15) is 17.5 Å². The van der Waals surface area contributed by atoms with Gasteiger partial charge >= 0.3 is 5.97 Å². The van der Waals surface area contributed by atoms with Gasteiger partial charge in [0.15, 0.2) is 0 Å². The molecule has 1 rings (SSSR count). The van der Waals surface area contributed by atoms with Crippen molar-refractivity contribution in [1.82, 2.24) is 4.72 Å². The van der Waals surface area contributed by atoms with E-state index in [-0.39, 0.29) is 11.3 Å². The van der Waals surface area contributed by atoms with Gasteiger partial charge in [-0.3, -0.25) is 4.79 Å². The molecule has 0 heterocycles. The number of nitrogens with zero attached hydrogens (tertiary/aromatic N) is 1. The molecule has 21 heavy (non-hydrogen) atoms. The lowest BCUT2D eigenvalue weighted by molar-refractivity contribution is -0.139. The molecule has 6 nitrogen and oxygen atoms in total. The highest BCUT2D eigenvalue weighted by atomic mass is 32.2. The predicted molar refractivity (Wildman–Crippen MR) is 80.6 cm³/mol. The monoisotopic (exact) mass is 328 g/mol. The minimum absolute atomic E-state index is 0.0469. The third-order valence-corrected chi connectivity index (χ3v) is 4.95. The first kappa shape index (κ1) is 17.5. The van der Waals surface area contributed by atoms with Gasteiger partial charge in [0.05, 0.1) is 16.5 Å². The minimum Gasteiger partial charge on any atom is -0.480 e. The van der Waals surface area contributed by atoms with E-state index < -0.39 is 22.0 Å². The molecule has 0 spiro atoms. The minimum atomic E-state index is -3.93. The van der Waals surface area contributed by atoms with Crippen LogP contribution in [0.3, 0.4) is 0 Å². The van der Waals surface area contributed by atoms with E-state index in [1.54, 1.807) is 6.92 Å². The van der Waals surface area contributed by atoms with E-state index in [0.29, 0.717) is 16.9 Å². The summed E-state index contributed by atoms with van der Waals surface area (Å²) in [6.45, 7) is 1.62. The average molecular weight is 328 g/mol. The number of nitrogens with one attached hydrogen (secondary N) is 1. The molecule has 0 fully saturated rings. The number of carbonyl (C=O) groups is 1. The molecule has 0 aliphatic carbocycles. The highest BCUT2D eigenvalue weighted by Gasteiger charge is 2.25. The molecule has 1 atom stereocenters. The fourth-order valence-corrected chi connectivity index (χ4v) is 3.43. The Morgan fingerprint density at radius 1 is 1.52 bits per heavy atom. The highest BCUT2D eigenvalue weighted by molar-refractivity contribution is 7.98. The number of carboxylic acids is 1. The zero-order valence-corrected chi connectivity index (χ0v) is 13.3. The molecule has 2 N–H and O–H groups in total. The Labute approximate surface area is 128 Å². The van der Waals surface area contributed by atoms with E-state index in [1.165, 1.54) is 30.0 Å². The standard InChI is InChI=1S/C13H16N2O4S2/c1-9-7-11(4-3-10(9)8-14)21(18,19)15-12(13(16)17)5-6-20-2/h3-4,7,12,15H,5-6H2,1-2H3,(H,16,17). The number of benzene rings is 1. The van der Waals surface area contributed by atoms with Crippen LogP contribution in [0.4, 0.5) is 0 Å². The summed E-state index contributed by atoms with van der Waals surface area (Å²) in [6, 6.07) is 4.83. The number of rotatable bonds is 7. The van der Waals surface area contributed by atoms with Crippen LogP contribution in [0.2, 0.25) is 0 Å². The zero-order valence-electron chi connectivity index (χ0n) is 11.7. The highest BCUT2D eigenvalue weighted by Crippen LogP contribution is 2.16. The van der Waals surface area contributed by atoms with Crippen LogP contribution in [0, 0.1) is 18.3 Å². The van der Waals surface area contributed by atoms with E-state index in [9.17, 15) is 13.2 Å². The molecular formula is C13H16N2O4S2. The van der Waals surface area contributed by atoms with Gasteiger partial charge in [-0.25, -0.2) is 8.42 Å². The fraction of sp³-hybridized carbons (Fsp3) is 0.385. The average Bonchev–Trinajstić information content (AvgIpc) is 2.43. The second-order valence-corrected chi connectivity index (χ2v) is 7.08. The first-order valence-electron chi connectivity index (χ1n) is 6.06. The Morgan fingerprint density at radius 2 is 2.19 bits per heavy atom. The van der Waals surface area contributed by atoms with Crippen LogP contribution in [0.5, 0.6) is 0 Å². The number of hydrogen-bond acceptors (Lipinski definition) is 5. The molecule has 0 aliphatic rings. The molecule has 1 aromatic carbocycles. The van der Waals surface area contributed by atoms with Crippen molar-refractivity contribution in [3.05, 3.63) is 29.3 Å². The summed E-state index contributed by atoms with van der Waals surface area (Å²) in [5, 5.41) is 17.9. The number of aryl methyl sites for hydroxylation is 1. The van der Waals surface area contributed by atoms with Crippen LogP contribution in [-0.2, 0) is 14.8 Å². The molecule has 1 unspecified atom stereocenters. The SMILES string of the molecule is CSCCC(NS(=O)(=O)c1ccc(C#N)c(C)c1)C(=O)O. The molecule has 0 amide bonds. The summed E-state index contributed by atoms with van der Waals surface area (Å²) in [4.78, 5) is 11.1. The smallest absolute Gasteiger partial charge is 0.321 e. The van der Waals surface area contributed by atoms with E-state index in [4.69, 9.17) is 10.4 Å². The molecule has 0 bridgehead atoms. The van der Waals surface area contributed by atoms with Crippen molar-refractivity contribution in [2.75, 3.05) is 12.0 Å². The maximum atomic E-state index is 12.2. The number of thioether (sulfide) groups is 1. The number of hydrogen-bond donors (Lipinski definition) is 2. The molecule has 8 heteroatoms. The topological polar surface area (TPSA) is 107 Å². The van der Waals surface area contributed by atoms with Gasteiger partial charge in [0.2, 0.25) is 10.0 Å². The largest absolute Gasteiger partial charge is 0.480 e. The number of sulfonamides is 1. The third-order valence-electron chi connectivity index (χ3n) is 2.83. The molecular weight excluding hydrogens is 312 g/mol. The Balaban J connectivity index is 3.02. The maximum absolute atomic E-state index is 12.2. The normalized spacial score (nSPS) is 12.6. The molecule has 0 saturated carbocycles. The van der Waals surface area contributed by atoms with Crippen molar-refractivity contribution in [3.63, 3.8) is 0 Å². The van der Waals surface area contributed by atoms with Crippen molar-refractivity contribution < 1.29 is 18.3 Å². The van der Waals surface area contributed by atoms with Crippen LogP contribution in [-0.4, -0.2) is 37.5 Å². The second-order valence-electron chi connectivity index (χ2n) is 4.38. The second kappa shape index (κ2) is 7.45. The van der Waals surface area contributed by atoms with E-state index >= 15 is 0 Å². The first-order valence-corrected chi connectivity index (χ1v) is 8.94. The van der Waals surface area contributed by atoms with Crippen LogP contribution < -0.4 is 4.72 Å². The van der Waals surface area contributed by atoms with Crippen LogP contribution >= 0.6 is 11.8 Å². The summed E-state index contributed by atoms with van der Waals surface area (Å²) >= 11 is 1.44. The number of nitriles is 1. The van der Waals surface area contributed by atoms with Crippen molar-refractivity contribution in [3.8, 4) is 6.07 Å². The summed E-state index contributed by atoms with van der Waals surface area (Å²) in [6.07, 6.45) is 2.02. The molecule has 0 aliphatic heterocycles. The van der Waals surface area contributed by atoms with Gasteiger partial charge < -0.3 is 5.11 Å². The van der Waals surface area contributed by atoms with Gasteiger partial charge in [0.1, 0.15) is 6.04 Å². The lowest BCUT2D eigenvalue weighted by atomic mass is 10.1. The number of aliphatic carboxylic acids is 1. The lowest BCUT2D eigenvalue weighted by Gasteiger charge is -2.14. The lowest BCUT2D eigenvalue weighted by Crippen LogP contribution is -2.41. The summed E-state index contributed by atoms with van der Waals surface area (Å²) in [5.41, 5.74) is 0.905. The molecule has 114 valence electrons. The summed E-state index contributed by atoms with van der Waals surface area (Å²) in [5.74, 6) is -0.677. The summed E-state index contributed by atoms with van der Waals surface area (Å²) < 4.78 is 26.6. The van der Waals surface area contributed by atoms with Crippen molar-refractivity contribution >= 4 is 27.8 Å². The Morgan fingerprint density at radius 3 is 2.67 bits per heavy atom. The van der Waals surface area contributed by atoms with Gasteiger partial charge in [0.25, 0.3) is 0 Å². The zero-order chi connectivity index (χ0) is 16.0. The van der Waals surface area contributed by atoms with Crippen molar-refractivity contribution in [1.29, 1.82) is 5.26 Å². The quantitative estimate of drug-likeness (QED) is 0.782. The summed E-state index contributed by atoms with van der Waals surface area (Å²) in [7, 11) is -3.93. The van der Waals surface area contributed by atoms with Crippen LogP contribution in [0.25, 0.3) is 0 Å². The Bertz CT molecular complexity index is 665. The predicted octanol–water partition coefficient (Wildman–Crippen LogP) is 1.35. The van der Waals surface area contributed by atoms with Gasteiger partial charge in [-0.05, 0) is 49.1 Å². The van der Waals surface area contributed by atoms with Gasteiger partial charge in [-0.15, -0.1) is 0 Å². The molecule has 0 aromatic heterocycles. The third kappa shape index (κ3) is 4.74. The van der Waals surface area contributed by atoms with E-state index in [2.05, 4.69) is 4.72 Å². The molecule has 0 radical (unpaired) electrons. The maximum Gasteiger partial charge on any atom is 0.321 e. The van der Waals surface area contributed by atoms with Crippen molar-refractivity contribution in [2.24, 2.45) is 0 Å². The molecule has 1 aromatic rings. The van der Waals surface area contributed by atoms with Gasteiger partial charge in [-0.1, -0.05) is 0 Å². The fourth-order valence-electron chi connectivity index (χ4n) is 1.65. The van der Waals surface area contributed by atoms with Crippen molar-refractivity contribution in [2.45, 2.75) is 24.3 Å². The van der Waals surface area contributed by atoms with Crippen LogP contribution in [0.15, 0.2) is 23.1 Å². The molecule has 0 saturated heterocycles. The Kier molecular flexibility index (Phi) is 6.20. The number of carboxylic acid groups (broad SMARTS) is 1. The first-order chi connectivity index (χ1) is 9.81. The Hall–Kier alpha value is -1.56. The van der Waals surface area contributed by atoms with Gasteiger partial charge in [-0.2, -0.15) is 21.7 Å². The van der Waals surface area contributed by atoms with E-state index in [1.807, 2.05) is 12.3 Å². The van der Waals surface area contributed by atoms with E-state index in [0.717, 1.165) is 0 Å². The van der Waals surface area contributed by atoms with Gasteiger partial charge in [0, 0.05) is 0 Å².